The van der Waals surface area contributed by atoms with Crippen molar-refractivity contribution in [2.24, 2.45) is 0 Å². The number of hydrogen-bond acceptors (Lipinski definition) is 3. The molecule has 1 aromatic rings. The zero-order valence-corrected chi connectivity index (χ0v) is 10.4. The van der Waals surface area contributed by atoms with Crippen LogP contribution in [0.2, 0.25) is 5.02 Å². The van der Waals surface area contributed by atoms with Crippen molar-refractivity contribution < 1.29 is 0 Å². The molecule has 0 spiro atoms. The first-order chi connectivity index (χ1) is 8.29. The van der Waals surface area contributed by atoms with Crippen LogP contribution in [0.5, 0.6) is 0 Å². The van der Waals surface area contributed by atoms with E-state index in [0.29, 0.717) is 16.6 Å². The summed E-state index contributed by atoms with van der Waals surface area (Å²) in [6, 6.07) is 8.14. The van der Waals surface area contributed by atoms with Gasteiger partial charge in [-0.15, -0.1) is 0 Å². The van der Waals surface area contributed by atoms with Gasteiger partial charge in [-0.3, -0.25) is 0 Å². The minimum atomic E-state index is 0.601. The maximum Gasteiger partial charge on any atom is 0.101 e. The lowest BCUT2D eigenvalue weighted by atomic mass is 10.1. The van der Waals surface area contributed by atoms with Gasteiger partial charge in [-0.1, -0.05) is 11.6 Å². The van der Waals surface area contributed by atoms with Gasteiger partial charge in [0.1, 0.15) is 6.07 Å². The highest BCUT2D eigenvalue weighted by molar-refractivity contribution is 6.30. The Morgan fingerprint density at radius 2 is 2.41 bits per heavy atom. The van der Waals surface area contributed by atoms with Crippen LogP contribution in [0.15, 0.2) is 18.2 Å². The molecule has 2 rings (SSSR count). The molecule has 1 aromatic carbocycles. The molecule has 1 saturated heterocycles. The SMILES string of the molecule is N#Cc1cc(Cl)ccc1NCC[C@H]1CCCN1. The quantitative estimate of drug-likeness (QED) is 0.863. The lowest BCUT2D eigenvalue weighted by Gasteiger charge is -2.12. The van der Waals surface area contributed by atoms with Gasteiger partial charge in [-0.2, -0.15) is 5.26 Å². The molecule has 17 heavy (non-hydrogen) atoms. The van der Waals surface area contributed by atoms with Crippen molar-refractivity contribution in [2.45, 2.75) is 25.3 Å². The summed E-state index contributed by atoms with van der Waals surface area (Å²) in [7, 11) is 0. The van der Waals surface area contributed by atoms with Crippen molar-refractivity contribution in [3.63, 3.8) is 0 Å². The van der Waals surface area contributed by atoms with Crippen molar-refractivity contribution in [3.8, 4) is 6.07 Å². The summed E-state index contributed by atoms with van der Waals surface area (Å²) in [6.07, 6.45) is 3.62. The zero-order valence-electron chi connectivity index (χ0n) is 9.67. The number of halogens is 1. The van der Waals surface area contributed by atoms with Crippen LogP contribution in [-0.4, -0.2) is 19.1 Å². The maximum absolute atomic E-state index is 8.99. The van der Waals surface area contributed by atoms with E-state index in [9.17, 15) is 0 Å². The molecule has 0 amide bonds. The van der Waals surface area contributed by atoms with Gasteiger partial charge < -0.3 is 10.6 Å². The first-order valence-electron chi connectivity index (χ1n) is 5.96. The third-order valence-corrected chi connectivity index (χ3v) is 3.31. The largest absolute Gasteiger partial charge is 0.384 e. The molecule has 1 aliphatic rings. The number of nitrogens with one attached hydrogen (secondary N) is 2. The van der Waals surface area contributed by atoms with E-state index in [1.165, 1.54) is 12.8 Å². The van der Waals surface area contributed by atoms with E-state index in [-0.39, 0.29) is 0 Å². The van der Waals surface area contributed by atoms with E-state index in [1.807, 2.05) is 6.07 Å². The molecule has 4 heteroatoms. The summed E-state index contributed by atoms with van der Waals surface area (Å²) in [5.41, 5.74) is 1.48. The van der Waals surface area contributed by atoms with Gasteiger partial charge in [0.25, 0.3) is 0 Å². The number of anilines is 1. The number of nitrogens with zero attached hydrogens (tertiary/aromatic N) is 1. The van der Waals surface area contributed by atoms with Gasteiger partial charge in [0.15, 0.2) is 0 Å². The molecule has 0 radical (unpaired) electrons. The maximum atomic E-state index is 8.99. The van der Waals surface area contributed by atoms with Crippen LogP contribution in [0.25, 0.3) is 0 Å². The average Bonchev–Trinajstić information content (AvgIpc) is 2.84. The number of benzene rings is 1. The Balaban J connectivity index is 1.88. The van der Waals surface area contributed by atoms with Gasteiger partial charge in [0.05, 0.1) is 11.3 Å². The molecule has 0 bridgehead atoms. The van der Waals surface area contributed by atoms with Crippen molar-refractivity contribution in [2.75, 3.05) is 18.4 Å². The third kappa shape index (κ3) is 3.36. The summed E-state index contributed by atoms with van der Waals surface area (Å²) in [4.78, 5) is 0. The highest BCUT2D eigenvalue weighted by Crippen LogP contribution is 2.20. The van der Waals surface area contributed by atoms with Gasteiger partial charge in [-0.05, 0) is 44.0 Å². The molecule has 1 fully saturated rings. The Labute approximate surface area is 107 Å². The first-order valence-corrected chi connectivity index (χ1v) is 6.34. The summed E-state index contributed by atoms with van der Waals surface area (Å²) >= 11 is 5.84. The molecular weight excluding hydrogens is 234 g/mol. The second-order valence-electron chi connectivity index (χ2n) is 4.31. The van der Waals surface area contributed by atoms with E-state index in [1.54, 1.807) is 12.1 Å². The Kier molecular flexibility index (Phi) is 4.24. The summed E-state index contributed by atoms with van der Waals surface area (Å²) in [6.45, 7) is 2.02. The molecule has 1 aliphatic heterocycles. The molecular formula is C13H16ClN3. The standard InChI is InChI=1S/C13H16ClN3/c14-11-3-4-13(10(8-11)9-15)17-7-5-12-2-1-6-16-12/h3-4,8,12,16-17H,1-2,5-7H2/t12-/m1/s1. The molecule has 0 saturated carbocycles. The van der Waals surface area contributed by atoms with Crippen molar-refractivity contribution in [1.82, 2.24) is 5.32 Å². The molecule has 0 aromatic heterocycles. The molecule has 1 heterocycles. The second-order valence-corrected chi connectivity index (χ2v) is 4.75. The highest BCUT2D eigenvalue weighted by Gasteiger charge is 2.13. The second kappa shape index (κ2) is 5.90. The molecule has 0 unspecified atom stereocenters. The molecule has 3 nitrogen and oxygen atoms in total. The molecule has 0 aliphatic carbocycles. The fraction of sp³-hybridized carbons (Fsp3) is 0.462. The monoisotopic (exact) mass is 249 g/mol. The smallest absolute Gasteiger partial charge is 0.101 e. The van der Waals surface area contributed by atoms with Crippen LogP contribution < -0.4 is 10.6 Å². The van der Waals surface area contributed by atoms with Crippen LogP contribution in [0, 0.1) is 11.3 Å². The zero-order chi connectivity index (χ0) is 12.1. The predicted octanol–water partition coefficient (Wildman–Crippen LogP) is 2.77. The topological polar surface area (TPSA) is 47.9 Å². The van der Waals surface area contributed by atoms with Crippen molar-refractivity contribution >= 4 is 17.3 Å². The fourth-order valence-electron chi connectivity index (χ4n) is 2.15. The Hall–Kier alpha value is -1.24. The Bertz CT molecular complexity index is 419. The summed E-state index contributed by atoms with van der Waals surface area (Å²) in [5, 5.41) is 16.3. The van der Waals surface area contributed by atoms with Crippen LogP contribution in [0.3, 0.4) is 0 Å². The summed E-state index contributed by atoms with van der Waals surface area (Å²) < 4.78 is 0. The number of rotatable bonds is 4. The number of hydrogen-bond donors (Lipinski definition) is 2. The van der Waals surface area contributed by atoms with E-state index >= 15 is 0 Å². The Morgan fingerprint density at radius 3 is 3.12 bits per heavy atom. The number of nitriles is 1. The average molecular weight is 250 g/mol. The van der Waals surface area contributed by atoms with E-state index in [4.69, 9.17) is 16.9 Å². The van der Waals surface area contributed by atoms with Gasteiger partial charge in [0, 0.05) is 17.6 Å². The minimum absolute atomic E-state index is 0.601. The fourth-order valence-corrected chi connectivity index (χ4v) is 2.32. The highest BCUT2D eigenvalue weighted by atomic mass is 35.5. The first kappa shape index (κ1) is 12.2. The molecule has 90 valence electrons. The molecule has 1 atom stereocenters. The minimum Gasteiger partial charge on any atom is -0.384 e. The van der Waals surface area contributed by atoms with Crippen LogP contribution in [0.4, 0.5) is 5.69 Å². The lowest BCUT2D eigenvalue weighted by molar-refractivity contribution is 0.574. The Morgan fingerprint density at radius 1 is 1.53 bits per heavy atom. The van der Waals surface area contributed by atoms with Crippen LogP contribution in [0.1, 0.15) is 24.8 Å². The van der Waals surface area contributed by atoms with Gasteiger partial charge in [0.2, 0.25) is 0 Å². The lowest BCUT2D eigenvalue weighted by Crippen LogP contribution is -2.24. The summed E-state index contributed by atoms with van der Waals surface area (Å²) in [5.74, 6) is 0. The molecule has 2 N–H and O–H groups in total. The van der Waals surface area contributed by atoms with Gasteiger partial charge >= 0.3 is 0 Å². The van der Waals surface area contributed by atoms with E-state index in [0.717, 1.165) is 25.2 Å². The van der Waals surface area contributed by atoms with Gasteiger partial charge in [-0.25, -0.2) is 0 Å². The normalized spacial score (nSPS) is 18.9. The van der Waals surface area contributed by atoms with Crippen LogP contribution in [-0.2, 0) is 0 Å². The van der Waals surface area contributed by atoms with Crippen molar-refractivity contribution in [1.29, 1.82) is 5.26 Å². The van der Waals surface area contributed by atoms with Crippen LogP contribution >= 0.6 is 11.6 Å². The van der Waals surface area contributed by atoms with Crippen molar-refractivity contribution in [3.05, 3.63) is 28.8 Å². The predicted molar refractivity (Wildman–Crippen MR) is 70.3 cm³/mol. The van der Waals surface area contributed by atoms with E-state index in [2.05, 4.69) is 16.7 Å². The third-order valence-electron chi connectivity index (χ3n) is 3.07. The van der Waals surface area contributed by atoms with E-state index < -0.39 is 0 Å².